The lowest BCUT2D eigenvalue weighted by molar-refractivity contribution is -0.140. The summed E-state index contributed by atoms with van der Waals surface area (Å²) in [5, 5.41) is 8.73. The van der Waals surface area contributed by atoms with Crippen LogP contribution >= 0.6 is 0 Å². The fourth-order valence-electron chi connectivity index (χ4n) is 1.05. The Morgan fingerprint density at radius 2 is 1.94 bits per heavy atom. The number of hydrogen-bond donors (Lipinski definition) is 3. The minimum Gasteiger partial charge on any atom is -0.480 e. The van der Waals surface area contributed by atoms with E-state index in [0.717, 1.165) is 0 Å². The van der Waals surface area contributed by atoms with Crippen LogP contribution in [-0.4, -0.2) is 49.9 Å². The molecule has 0 unspecified atom stereocenters. The van der Waals surface area contributed by atoms with Crippen LogP contribution in [0.2, 0.25) is 0 Å². The van der Waals surface area contributed by atoms with Gasteiger partial charge in [-0.05, 0) is 13.8 Å². The van der Waals surface area contributed by atoms with Crippen molar-refractivity contribution in [3.63, 3.8) is 0 Å². The van der Waals surface area contributed by atoms with E-state index >= 15 is 0 Å². The first-order valence-electron chi connectivity index (χ1n) is 5.26. The smallest absolute Gasteiger partial charge is 0.322 e. The van der Waals surface area contributed by atoms with Crippen LogP contribution in [0.4, 0.5) is 0 Å². The van der Waals surface area contributed by atoms with Crippen LogP contribution in [0.15, 0.2) is 0 Å². The lowest BCUT2D eigenvalue weighted by Gasteiger charge is -2.13. The Labute approximate surface area is 106 Å². The molecule has 0 heterocycles. The molecule has 0 aromatic heterocycles. The Balaban J connectivity index is 4.42. The molecular formula is C9H18N2O6S. The van der Waals surface area contributed by atoms with E-state index in [2.05, 4.69) is 0 Å². The maximum absolute atomic E-state index is 11.5. The maximum atomic E-state index is 11.5. The molecule has 0 saturated carbocycles. The van der Waals surface area contributed by atoms with Crippen molar-refractivity contribution in [2.45, 2.75) is 32.4 Å². The molecule has 0 fully saturated rings. The highest BCUT2D eigenvalue weighted by atomic mass is 32.2. The van der Waals surface area contributed by atoms with Crippen LogP contribution in [0.1, 0.15) is 20.3 Å². The molecule has 0 aliphatic carbocycles. The second kappa shape index (κ2) is 7.29. The molecule has 0 saturated heterocycles. The Kier molecular flexibility index (Phi) is 6.81. The highest BCUT2D eigenvalue weighted by Gasteiger charge is 2.25. The first kappa shape index (κ1) is 16.8. The SMILES string of the molecule is CC(C)OCCS(=O)(=O)N[C@@H](CC(N)=O)C(=O)O. The average molecular weight is 282 g/mol. The first-order valence-corrected chi connectivity index (χ1v) is 6.92. The first-order chi connectivity index (χ1) is 8.14. The topological polar surface area (TPSA) is 136 Å². The van der Waals surface area contributed by atoms with E-state index in [-0.39, 0.29) is 18.5 Å². The molecule has 0 aliphatic rings. The molecule has 4 N–H and O–H groups in total. The molecule has 8 nitrogen and oxygen atoms in total. The number of carbonyl (C=O) groups excluding carboxylic acids is 1. The fraction of sp³-hybridized carbons (Fsp3) is 0.778. The Bertz CT molecular complexity index is 392. The van der Waals surface area contributed by atoms with Crippen LogP contribution < -0.4 is 10.5 Å². The minimum absolute atomic E-state index is 0.0596. The Hall–Kier alpha value is -1.19. The second-order valence-electron chi connectivity index (χ2n) is 3.92. The van der Waals surface area contributed by atoms with E-state index in [1.165, 1.54) is 0 Å². The zero-order chi connectivity index (χ0) is 14.3. The third kappa shape index (κ3) is 7.98. The summed E-state index contributed by atoms with van der Waals surface area (Å²) in [7, 11) is -3.83. The third-order valence-electron chi connectivity index (χ3n) is 1.83. The molecule has 0 aliphatic heterocycles. The molecule has 0 rings (SSSR count). The molecular weight excluding hydrogens is 264 g/mol. The van der Waals surface area contributed by atoms with Gasteiger partial charge in [0.25, 0.3) is 0 Å². The Morgan fingerprint density at radius 1 is 1.39 bits per heavy atom. The van der Waals surface area contributed by atoms with Gasteiger partial charge in [0.2, 0.25) is 15.9 Å². The van der Waals surface area contributed by atoms with Gasteiger partial charge in [-0.3, -0.25) is 9.59 Å². The summed E-state index contributed by atoms with van der Waals surface area (Å²) in [6.45, 7) is 3.43. The Morgan fingerprint density at radius 3 is 2.33 bits per heavy atom. The summed E-state index contributed by atoms with van der Waals surface area (Å²) in [5.41, 5.74) is 4.83. The number of ether oxygens (including phenoxy) is 1. The number of rotatable bonds is 9. The van der Waals surface area contributed by atoms with Crippen molar-refractivity contribution in [1.29, 1.82) is 0 Å². The monoisotopic (exact) mass is 282 g/mol. The van der Waals surface area contributed by atoms with Crippen molar-refractivity contribution in [2.24, 2.45) is 5.73 Å². The maximum Gasteiger partial charge on any atom is 0.322 e. The quantitative estimate of drug-likeness (QED) is 0.479. The lowest BCUT2D eigenvalue weighted by atomic mass is 10.2. The summed E-state index contributed by atoms with van der Waals surface area (Å²) < 4.78 is 29.9. The normalized spacial score (nSPS) is 13.5. The van der Waals surface area contributed by atoms with Gasteiger partial charge in [0.1, 0.15) is 6.04 Å². The molecule has 0 spiro atoms. The zero-order valence-electron chi connectivity index (χ0n) is 10.3. The number of sulfonamides is 1. The molecule has 106 valence electrons. The number of hydrogen-bond acceptors (Lipinski definition) is 5. The number of carboxylic acids is 1. The van der Waals surface area contributed by atoms with Gasteiger partial charge in [-0.15, -0.1) is 0 Å². The standard InChI is InChI=1S/C9H18N2O6S/c1-6(2)17-3-4-18(15,16)11-7(9(13)14)5-8(10)12/h6-7,11H,3-5H2,1-2H3,(H2,10,12)(H,13,14)/t7-/m0/s1. The van der Waals surface area contributed by atoms with Crippen molar-refractivity contribution in [1.82, 2.24) is 4.72 Å². The predicted octanol–water partition coefficient (Wildman–Crippen LogP) is -1.34. The highest BCUT2D eigenvalue weighted by molar-refractivity contribution is 7.89. The average Bonchev–Trinajstić information content (AvgIpc) is 2.14. The van der Waals surface area contributed by atoms with Crippen molar-refractivity contribution in [3.05, 3.63) is 0 Å². The highest BCUT2D eigenvalue weighted by Crippen LogP contribution is 1.97. The molecule has 1 amide bonds. The van der Waals surface area contributed by atoms with Gasteiger partial charge >= 0.3 is 5.97 Å². The molecule has 0 radical (unpaired) electrons. The van der Waals surface area contributed by atoms with Crippen LogP contribution in [-0.2, 0) is 24.3 Å². The van der Waals surface area contributed by atoms with Crippen molar-refractivity contribution >= 4 is 21.9 Å². The van der Waals surface area contributed by atoms with Gasteiger partial charge in [-0.2, -0.15) is 0 Å². The summed E-state index contributed by atoms with van der Waals surface area (Å²) >= 11 is 0. The summed E-state index contributed by atoms with van der Waals surface area (Å²) in [6.07, 6.45) is -0.722. The number of nitrogens with two attached hydrogens (primary N) is 1. The van der Waals surface area contributed by atoms with E-state index in [1.54, 1.807) is 13.8 Å². The number of primary amides is 1. The lowest BCUT2D eigenvalue weighted by Crippen LogP contribution is -2.44. The van der Waals surface area contributed by atoms with Gasteiger partial charge in [-0.1, -0.05) is 0 Å². The molecule has 1 atom stereocenters. The zero-order valence-corrected chi connectivity index (χ0v) is 11.1. The molecule has 0 aromatic rings. The van der Waals surface area contributed by atoms with E-state index in [9.17, 15) is 18.0 Å². The number of nitrogens with one attached hydrogen (secondary N) is 1. The van der Waals surface area contributed by atoms with Gasteiger partial charge in [0.05, 0.1) is 24.9 Å². The number of carboxylic acid groups (broad SMARTS) is 1. The molecule has 0 bridgehead atoms. The third-order valence-corrected chi connectivity index (χ3v) is 3.18. The predicted molar refractivity (Wildman–Crippen MR) is 63.2 cm³/mol. The fourth-order valence-corrected chi connectivity index (χ4v) is 2.10. The van der Waals surface area contributed by atoms with Crippen LogP contribution in [0.3, 0.4) is 0 Å². The second-order valence-corrected chi connectivity index (χ2v) is 5.79. The van der Waals surface area contributed by atoms with E-state index < -0.39 is 34.4 Å². The largest absolute Gasteiger partial charge is 0.480 e. The van der Waals surface area contributed by atoms with Crippen molar-refractivity contribution < 1.29 is 27.9 Å². The van der Waals surface area contributed by atoms with E-state index in [0.29, 0.717) is 0 Å². The van der Waals surface area contributed by atoms with Crippen molar-refractivity contribution in [2.75, 3.05) is 12.4 Å². The van der Waals surface area contributed by atoms with Gasteiger partial charge in [0.15, 0.2) is 0 Å². The number of amides is 1. The number of aliphatic carboxylic acids is 1. The summed E-state index contributed by atoms with van der Waals surface area (Å²) in [4.78, 5) is 21.3. The minimum atomic E-state index is -3.83. The van der Waals surface area contributed by atoms with Crippen LogP contribution in [0.25, 0.3) is 0 Å². The van der Waals surface area contributed by atoms with Gasteiger partial charge in [0, 0.05) is 0 Å². The molecule has 0 aromatic carbocycles. The molecule has 9 heteroatoms. The van der Waals surface area contributed by atoms with Crippen LogP contribution in [0, 0.1) is 0 Å². The van der Waals surface area contributed by atoms with Gasteiger partial charge < -0.3 is 15.6 Å². The van der Waals surface area contributed by atoms with E-state index in [4.69, 9.17) is 15.6 Å². The van der Waals surface area contributed by atoms with Crippen molar-refractivity contribution in [3.8, 4) is 0 Å². The number of carbonyl (C=O) groups is 2. The van der Waals surface area contributed by atoms with Gasteiger partial charge in [-0.25, -0.2) is 13.1 Å². The summed E-state index contributed by atoms with van der Waals surface area (Å²) in [6, 6.07) is -1.55. The van der Waals surface area contributed by atoms with E-state index in [1.807, 2.05) is 4.72 Å². The van der Waals surface area contributed by atoms with Crippen LogP contribution in [0.5, 0.6) is 0 Å². The summed E-state index contributed by atoms with van der Waals surface area (Å²) in [5.74, 6) is -2.74. The molecule has 18 heavy (non-hydrogen) atoms.